The predicted molar refractivity (Wildman–Crippen MR) is 66.3 cm³/mol. The first-order chi connectivity index (χ1) is 8.29. The highest BCUT2D eigenvalue weighted by atomic mass is 19.1. The molecular weight excluding hydrogens is 215 g/mol. The van der Waals surface area contributed by atoms with Gasteiger partial charge < -0.3 is 4.74 Å². The lowest BCUT2D eigenvalue weighted by Gasteiger charge is -2.15. The van der Waals surface area contributed by atoms with E-state index in [2.05, 4.69) is 12.1 Å². The molecule has 0 aliphatic carbocycles. The summed E-state index contributed by atoms with van der Waals surface area (Å²) in [6.45, 7) is 0. The van der Waals surface area contributed by atoms with Crippen LogP contribution >= 0.6 is 0 Å². The quantitative estimate of drug-likeness (QED) is 0.777. The van der Waals surface area contributed by atoms with Crippen LogP contribution in [0.3, 0.4) is 0 Å². The smallest absolute Gasteiger partial charge is 0.123 e. The summed E-state index contributed by atoms with van der Waals surface area (Å²) in [5.41, 5.74) is 2.21. The third-order valence-electron chi connectivity index (χ3n) is 2.79. The highest BCUT2D eigenvalue weighted by Gasteiger charge is 2.11. The molecule has 0 aliphatic heterocycles. The molecule has 0 bridgehead atoms. The van der Waals surface area contributed by atoms with E-state index in [1.54, 1.807) is 19.2 Å². The molecule has 0 radical (unpaired) electrons. The normalized spacial score (nSPS) is 12.4. The maximum Gasteiger partial charge on any atom is 0.123 e. The van der Waals surface area contributed by atoms with E-state index in [0.717, 1.165) is 12.0 Å². The van der Waals surface area contributed by atoms with E-state index in [-0.39, 0.29) is 11.9 Å². The number of hydrogen-bond acceptors (Lipinski definition) is 1. The molecule has 2 heteroatoms. The van der Waals surface area contributed by atoms with E-state index in [1.165, 1.54) is 17.7 Å². The van der Waals surface area contributed by atoms with Gasteiger partial charge in [0.2, 0.25) is 0 Å². The molecule has 0 aromatic heterocycles. The van der Waals surface area contributed by atoms with Gasteiger partial charge in [-0.05, 0) is 23.3 Å². The van der Waals surface area contributed by atoms with Crippen LogP contribution in [-0.2, 0) is 11.2 Å². The Labute approximate surface area is 101 Å². The van der Waals surface area contributed by atoms with Gasteiger partial charge in [-0.2, -0.15) is 0 Å². The van der Waals surface area contributed by atoms with Crippen molar-refractivity contribution in [1.82, 2.24) is 0 Å². The number of halogens is 1. The maximum absolute atomic E-state index is 12.8. The topological polar surface area (TPSA) is 9.23 Å². The van der Waals surface area contributed by atoms with Gasteiger partial charge in [-0.25, -0.2) is 4.39 Å². The lowest BCUT2D eigenvalue weighted by atomic mass is 10.0. The van der Waals surface area contributed by atoms with Crippen molar-refractivity contribution in [3.63, 3.8) is 0 Å². The maximum atomic E-state index is 12.8. The molecule has 0 fully saturated rings. The second kappa shape index (κ2) is 5.60. The highest BCUT2D eigenvalue weighted by Crippen LogP contribution is 2.21. The van der Waals surface area contributed by atoms with Gasteiger partial charge >= 0.3 is 0 Å². The lowest BCUT2D eigenvalue weighted by molar-refractivity contribution is 0.103. The van der Waals surface area contributed by atoms with E-state index >= 15 is 0 Å². The van der Waals surface area contributed by atoms with Crippen LogP contribution in [0.1, 0.15) is 17.2 Å². The number of rotatable bonds is 4. The van der Waals surface area contributed by atoms with Gasteiger partial charge in [0.05, 0.1) is 6.10 Å². The van der Waals surface area contributed by atoms with Crippen LogP contribution in [0.25, 0.3) is 0 Å². The molecular formula is C15H15FO. The van der Waals surface area contributed by atoms with Crippen LogP contribution in [0, 0.1) is 5.82 Å². The second-order valence-electron chi connectivity index (χ2n) is 3.97. The van der Waals surface area contributed by atoms with Gasteiger partial charge in [0.25, 0.3) is 0 Å². The molecule has 0 aliphatic rings. The molecule has 17 heavy (non-hydrogen) atoms. The van der Waals surface area contributed by atoms with Gasteiger partial charge in [-0.15, -0.1) is 0 Å². The fourth-order valence-corrected chi connectivity index (χ4v) is 1.84. The Bertz CT molecular complexity index is 450. The SMILES string of the molecule is COC(Cc1ccccc1)c1ccc(F)cc1. The molecule has 0 N–H and O–H groups in total. The number of methoxy groups -OCH3 is 1. The molecule has 1 unspecified atom stereocenters. The summed E-state index contributed by atoms with van der Waals surface area (Å²) in [4.78, 5) is 0. The second-order valence-corrected chi connectivity index (χ2v) is 3.97. The van der Waals surface area contributed by atoms with Crippen molar-refractivity contribution in [2.45, 2.75) is 12.5 Å². The summed E-state index contributed by atoms with van der Waals surface area (Å²) < 4.78 is 18.3. The number of benzene rings is 2. The van der Waals surface area contributed by atoms with Crippen molar-refractivity contribution >= 4 is 0 Å². The minimum absolute atomic E-state index is 0.0296. The Morgan fingerprint density at radius 3 is 2.24 bits per heavy atom. The Morgan fingerprint density at radius 2 is 1.65 bits per heavy atom. The predicted octanol–water partition coefficient (Wildman–Crippen LogP) is 3.76. The molecule has 2 aromatic rings. The Hall–Kier alpha value is -1.67. The largest absolute Gasteiger partial charge is 0.376 e. The molecule has 2 rings (SSSR count). The standard InChI is InChI=1S/C15H15FO/c1-17-15(11-12-5-3-2-4-6-12)13-7-9-14(16)10-8-13/h2-10,15H,11H2,1H3. The van der Waals surface area contributed by atoms with Crippen LogP contribution in [0.5, 0.6) is 0 Å². The van der Waals surface area contributed by atoms with Crippen molar-refractivity contribution in [2.75, 3.05) is 7.11 Å². The molecule has 1 atom stereocenters. The Kier molecular flexibility index (Phi) is 3.89. The van der Waals surface area contributed by atoms with E-state index < -0.39 is 0 Å². The zero-order valence-electron chi connectivity index (χ0n) is 9.77. The fourth-order valence-electron chi connectivity index (χ4n) is 1.84. The molecule has 1 nitrogen and oxygen atoms in total. The van der Waals surface area contributed by atoms with Gasteiger partial charge in [-0.3, -0.25) is 0 Å². The minimum atomic E-state index is -0.219. The first-order valence-electron chi connectivity index (χ1n) is 5.62. The first-order valence-corrected chi connectivity index (χ1v) is 5.62. The number of ether oxygens (including phenoxy) is 1. The van der Waals surface area contributed by atoms with Crippen LogP contribution in [-0.4, -0.2) is 7.11 Å². The van der Waals surface area contributed by atoms with Crippen molar-refractivity contribution in [1.29, 1.82) is 0 Å². The lowest BCUT2D eigenvalue weighted by Crippen LogP contribution is -2.05. The van der Waals surface area contributed by atoms with E-state index in [1.807, 2.05) is 18.2 Å². The molecule has 88 valence electrons. The van der Waals surface area contributed by atoms with Crippen LogP contribution < -0.4 is 0 Å². The molecule has 0 amide bonds. The average Bonchev–Trinajstić information content (AvgIpc) is 2.38. The molecule has 0 heterocycles. The summed E-state index contributed by atoms with van der Waals surface area (Å²) >= 11 is 0. The third kappa shape index (κ3) is 3.14. The van der Waals surface area contributed by atoms with Crippen LogP contribution in [0.15, 0.2) is 54.6 Å². The summed E-state index contributed by atoms with van der Waals surface area (Å²) in [6, 6.07) is 16.6. The molecule has 2 aromatic carbocycles. The Balaban J connectivity index is 2.14. The third-order valence-corrected chi connectivity index (χ3v) is 2.79. The van der Waals surface area contributed by atoms with Crippen molar-refractivity contribution < 1.29 is 9.13 Å². The molecule has 0 spiro atoms. The summed E-state index contributed by atoms with van der Waals surface area (Å²) in [6.07, 6.45) is 0.765. The van der Waals surface area contributed by atoms with Crippen molar-refractivity contribution in [3.8, 4) is 0 Å². The molecule has 0 saturated heterocycles. The van der Waals surface area contributed by atoms with Gasteiger partial charge in [-0.1, -0.05) is 42.5 Å². The van der Waals surface area contributed by atoms with Gasteiger partial charge in [0.15, 0.2) is 0 Å². The zero-order chi connectivity index (χ0) is 12.1. The Morgan fingerprint density at radius 1 is 1.00 bits per heavy atom. The fraction of sp³-hybridized carbons (Fsp3) is 0.200. The van der Waals surface area contributed by atoms with Crippen LogP contribution in [0.2, 0.25) is 0 Å². The van der Waals surface area contributed by atoms with Gasteiger partial charge in [0, 0.05) is 13.5 Å². The first kappa shape index (κ1) is 11.8. The molecule has 0 saturated carbocycles. The van der Waals surface area contributed by atoms with Gasteiger partial charge in [0.1, 0.15) is 5.82 Å². The monoisotopic (exact) mass is 230 g/mol. The average molecular weight is 230 g/mol. The van der Waals surface area contributed by atoms with E-state index in [4.69, 9.17) is 4.74 Å². The zero-order valence-corrected chi connectivity index (χ0v) is 9.77. The van der Waals surface area contributed by atoms with Crippen LogP contribution in [0.4, 0.5) is 4.39 Å². The van der Waals surface area contributed by atoms with Crippen molar-refractivity contribution in [2.24, 2.45) is 0 Å². The van der Waals surface area contributed by atoms with Crippen molar-refractivity contribution in [3.05, 3.63) is 71.5 Å². The highest BCUT2D eigenvalue weighted by molar-refractivity contribution is 5.23. The summed E-state index contributed by atoms with van der Waals surface area (Å²) in [5, 5.41) is 0. The number of hydrogen-bond donors (Lipinski definition) is 0. The summed E-state index contributed by atoms with van der Waals surface area (Å²) in [7, 11) is 1.68. The summed E-state index contributed by atoms with van der Waals surface area (Å²) in [5.74, 6) is -0.219. The van der Waals surface area contributed by atoms with E-state index in [9.17, 15) is 4.39 Å². The minimum Gasteiger partial charge on any atom is -0.376 e. The van der Waals surface area contributed by atoms with E-state index in [0.29, 0.717) is 0 Å².